The first-order valence-electron chi connectivity index (χ1n) is 20.3. The number of esters is 2. The van der Waals surface area contributed by atoms with Gasteiger partial charge in [0, 0.05) is 12.8 Å². The van der Waals surface area contributed by atoms with Crippen LogP contribution in [0.4, 0.5) is 0 Å². The maximum Gasteiger partial charge on any atom is 0.305 e. The second-order valence-corrected chi connectivity index (χ2v) is 14.8. The molecule has 0 aromatic carbocycles. The SMILES string of the molecule is CCC(C)CCCCCCCCCCCCCCCCCCCCC(=O)OC[C@@H](O)COC(=O)CCCCCCCCCC(C)C. The number of carbonyl (C=O) groups is 2. The molecule has 274 valence electrons. The first-order valence-corrected chi connectivity index (χ1v) is 20.3. The molecule has 0 aliphatic carbocycles. The zero-order chi connectivity index (χ0) is 33.9. The van der Waals surface area contributed by atoms with Gasteiger partial charge in [0.25, 0.3) is 0 Å². The molecule has 0 spiro atoms. The summed E-state index contributed by atoms with van der Waals surface area (Å²) in [6, 6.07) is 0. The maximum absolute atomic E-state index is 12.0. The Bertz CT molecular complexity index is 649. The van der Waals surface area contributed by atoms with Crippen molar-refractivity contribution in [3.05, 3.63) is 0 Å². The average Bonchev–Trinajstić information content (AvgIpc) is 3.04. The lowest BCUT2D eigenvalue weighted by Gasteiger charge is -2.12. The molecule has 1 unspecified atom stereocenters. The Morgan fingerprint density at radius 3 is 1.04 bits per heavy atom. The van der Waals surface area contributed by atoms with Crippen LogP contribution in [0.25, 0.3) is 0 Å². The smallest absolute Gasteiger partial charge is 0.305 e. The van der Waals surface area contributed by atoms with Crippen LogP contribution in [0.1, 0.15) is 220 Å². The monoisotopic (exact) mass is 653 g/mol. The fraction of sp³-hybridized carbons (Fsp3) is 0.951. The van der Waals surface area contributed by atoms with E-state index in [0.717, 1.165) is 43.9 Å². The minimum atomic E-state index is -0.956. The molecule has 0 saturated heterocycles. The van der Waals surface area contributed by atoms with Crippen LogP contribution in [-0.2, 0) is 19.1 Å². The number of aliphatic hydroxyl groups is 1. The molecule has 0 aliphatic heterocycles. The predicted molar refractivity (Wildman–Crippen MR) is 196 cm³/mol. The molecular weight excluding hydrogens is 572 g/mol. The number of carbonyl (C=O) groups excluding carboxylic acids is 2. The van der Waals surface area contributed by atoms with Crippen molar-refractivity contribution in [2.45, 2.75) is 226 Å². The summed E-state index contributed by atoms with van der Waals surface area (Å²) in [6.45, 7) is 9.01. The van der Waals surface area contributed by atoms with Crippen LogP contribution in [0.3, 0.4) is 0 Å². The molecule has 1 N–H and O–H groups in total. The lowest BCUT2D eigenvalue weighted by molar-refractivity contribution is -0.152. The molecule has 5 heteroatoms. The highest BCUT2D eigenvalue weighted by Gasteiger charge is 2.12. The summed E-state index contributed by atoms with van der Waals surface area (Å²) >= 11 is 0. The van der Waals surface area contributed by atoms with Crippen molar-refractivity contribution < 1.29 is 24.2 Å². The van der Waals surface area contributed by atoms with E-state index < -0.39 is 6.10 Å². The second-order valence-electron chi connectivity index (χ2n) is 14.8. The quantitative estimate of drug-likeness (QED) is 0.0538. The largest absolute Gasteiger partial charge is 0.463 e. The first kappa shape index (κ1) is 44.9. The van der Waals surface area contributed by atoms with E-state index in [1.807, 2.05) is 0 Å². The highest BCUT2D eigenvalue weighted by molar-refractivity contribution is 5.69. The predicted octanol–water partition coefficient (Wildman–Crippen LogP) is 12.4. The van der Waals surface area contributed by atoms with Gasteiger partial charge >= 0.3 is 11.9 Å². The number of unbranched alkanes of at least 4 members (excludes halogenated alkanes) is 23. The average molecular weight is 653 g/mol. The molecule has 0 fully saturated rings. The Morgan fingerprint density at radius 1 is 0.457 bits per heavy atom. The minimum absolute atomic E-state index is 0.109. The van der Waals surface area contributed by atoms with Gasteiger partial charge in [0.2, 0.25) is 0 Å². The van der Waals surface area contributed by atoms with E-state index in [1.54, 1.807) is 0 Å². The van der Waals surface area contributed by atoms with Gasteiger partial charge in [-0.25, -0.2) is 0 Å². The molecule has 0 rings (SSSR count). The molecule has 0 saturated carbocycles. The van der Waals surface area contributed by atoms with Gasteiger partial charge in [0.1, 0.15) is 19.3 Å². The van der Waals surface area contributed by atoms with E-state index in [0.29, 0.717) is 12.8 Å². The summed E-state index contributed by atoms with van der Waals surface area (Å²) in [5.41, 5.74) is 0. The number of ether oxygens (including phenoxy) is 2. The summed E-state index contributed by atoms with van der Waals surface area (Å²) in [5.74, 6) is 1.15. The normalized spacial score (nSPS) is 12.8. The fourth-order valence-electron chi connectivity index (χ4n) is 6.07. The van der Waals surface area contributed by atoms with Crippen molar-refractivity contribution in [1.29, 1.82) is 0 Å². The van der Waals surface area contributed by atoms with Crippen LogP contribution in [0, 0.1) is 11.8 Å². The van der Waals surface area contributed by atoms with E-state index in [9.17, 15) is 14.7 Å². The van der Waals surface area contributed by atoms with E-state index in [4.69, 9.17) is 9.47 Å². The Morgan fingerprint density at radius 2 is 0.739 bits per heavy atom. The van der Waals surface area contributed by atoms with E-state index in [2.05, 4.69) is 27.7 Å². The number of rotatable bonds is 36. The van der Waals surface area contributed by atoms with Crippen LogP contribution in [-0.4, -0.2) is 36.4 Å². The highest BCUT2D eigenvalue weighted by atomic mass is 16.6. The molecule has 0 aliphatic rings. The lowest BCUT2D eigenvalue weighted by Crippen LogP contribution is -2.25. The minimum Gasteiger partial charge on any atom is -0.463 e. The Labute approximate surface area is 287 Å². The van der Waals surface area contributed by atoms with E-state index >= 15 is 0 Å². The zero-order valence-corrected chi connectivity index (χ0v) is 31.4. The van der Waals surface area contributed by atoms with Crippen molar-refractivity contribution >= 4 is 11.9 Å². The van der Waals surface area contributed by atoms with Crippen molar-refractivity contribution in [2.24, 2.45) is 11.8 Å². The third-order valence-corrected chi connectivity index (χ3v) is 9.56. The summed E-state index contributed by atoms with van der Waals surface area (Å²) in [5, 5.41) is 9.99. The highest BCUT2D eigenvalue weighted by Crippen LogP contribution is 2.17. The van der Waals surface area contributed by atoms with Gasteiger partial charge in [-0.05, 0) is 24.7 Å². The molecular formula is C41H80O5. The molecule has 46 heavy (non-hydrogen) atoms. The standard InChI is InChI=1S/C41H80O5/c1-5-38(4)32-28-24-20-16-14-12-10-8-6-7-9-11-13-15-17-21-25-29-33-40(43)45-35-39(42)36-46-41(44)34-30-26-22-18-19-23-27-31-37(2)3/h37-39,42H,5-36H2,1-4H3/t38?,39-/m1/s1. The molecule has 0 radical (unpaired) electrons. The summed E-state index contributed by atoms with van der Waals surface area (Å²) in [6.07, 6.45) is 36.0. The number of aliphatic hydroxyl groups excluding tert-OH is 1. The molecule has 2 atom stereocenters. The maximum atomic E-state index is 12.0. The Balaban J connectivity index is 3.35. The number of hydrogen-bond donors (Lipinski definition) is 1. The van der Waals surface area contributed by atoms with Crippen molar-refractivity contribution in [1.82, 2.24) is 0 Å². The fourth-order valence-corrected chi connectivity index (χ4v) is 6.07. The van der Waals surface area contributed by atoms with Gasteiger partial charge in [0.15, 0.2) is 0 Å². The third kappa shape index (κ3) is 35.7. The molecule has 0 aromatic heterocycles. The second kappa shape index (κ2) is 35.2. The van der Waals surface area contributed by atoms with E-state index in [1.165, 1.54) is 148 Å². The van der Waals surface area contributed by atoms with Gasteiger partial charge in [-0.15, -0.1) is 0 Å². The molecule has 0 amide bonds. The molecule has 5 nitrogen and oxygen atoms in total. The van der Waals surface area contributed by atoms with E-state index in [-0.39, 0.29) is 25.2 Å². The van der Waals surface area contributed by atoms with Gasteiger partial charge in [-0.2, -0.15) is 0 Å². The lowest BCUT2D eigenvalue weighted by atomic mass is 9.99. The van der Waals surface area contributed by atoms with Crippen molar-refractivity contribution in [3.63, 3.8) is 0 Å². The third-order valence-electron chi connectivity index (χ3n) is 9.56. The zero-order valence-electron chi connectivity index (χ0n) is 31.4. The summed E-state index contributed by atoms with van der Waals surface area (Å²) < 4.78 is 10.3. The summed E-state index contributed by atoms with van der Waals surface area (Å²) in [4.78, 5) is 23.9. The van der Waals surface area contributed by atoms with Crippen molar-refractivity contribution in [2.75, 3.05) is 13.2 Å². The molecule has 0 aromatic rings. The Hall–Kier alpha value is -1.10. The molecule has 0 bridgehead atoms. The Kier molecular flexibility index (Phi) is 34.4. The van der Waals surface area contributed by atoms with Crippen LogP contribution in [0.15, 0.2) is 0 Å². The topological polar surface area (TPSA) is 72.8 Å². The molecule has 0 heterocycles. The van der Waals surface area contributed by atoms with Crippen LogP contribution >= 0.6 is 0 Å². The summed E-state index contributed by atoms with van der Waals surface area (Å²) in [7, 11) is 0. The van der Waals surface area contributed by atoms with Crippen LogP contribution < -0.4 is 0 Å². The van der Waals surface area contributed by atoms with Gasteiger partial charge in [0.05, 0.1) is 0 Å². The van der Waals surface area contributed by atoms with Gasteiger partial charge in [-0.1, -0.05) is 195 Å². The number of hydrogen-bond acceptors (Lipinski definition) is 5. The first-order chi connectivity index (χ1) is 22.3. The van der Waals surface area contributed by atoms with Gasteiger partial charge in [-0.3, -0.25) is 9.59 Å². The van der Waals surface area contributed by atoms with Gasteiger partial charge < -0.3 is 14.6 Å². The van der Waals surface area contributed by atoms with Crippen LogP contribution in [0.2, 0.25) is 0 Å². The van der Waals surface area contributed by atoms with Crippen LogP contribution in [0.5, 0.6) is 0 Å². The van der Waals surface area contributed by atoms with Crippen molar-refractivity contribution in [3.8, 4) is 0 Å².